The third kappa shape index (κ3) is 6.00. The number of anilines is 1. The molecule has 6 nitrogen and oxygen atoms in total. The van der Waals surface area contributed by atoms with Gasteiger partial charge in [-0.2, -0.15) is 0 Å². The summed E-state index contributed by atoms with van der Waals surface area (Å²) in [7, 11) is 0. The van der Waals surface area contributed by atoms with Gasteiger partial charge in [-0.3, -0.25) is 10.1 Å². The summed E-state index contributed by atoms with van der Waals surface area (Å²) in [6.07, 6.45) is -0.864. The summed E-state index contributed by atoms with van der Waals surface area (Å²) < 4.78 is 11.5. The number of benzene rings is 3. The second kappa shape index (κ2) is 10.6. The molecule has 1 heterocycles. The van der Waals surface area contributed by atoms with Crippen molar-refractivity contribution in [3.8, 4) is 17.2 Å². The topological polar surface area (TPSA) is 76.4 Å². The highest BCUT2D eigenvalue weighted by molar-refractivity contribution is 7.80. The van der Waals surface area contributed by atoms with Crippen LogP contribution < -0.4 is 15.4 Å². The van der Waals surface area contributed by atoms with E-state index in [1.165, 1.54) is 6.07 Å². The van der Waals surface area contributed by atoms with Gasteiger partial charge in [0.2, 0.25) is 5.89 Å². The number of oxazole rings is 1. The highest BCUT2D eigenvalue weighted by Gasteiger charge is 2.18. The highest BCUT2D eigenvalue weighted by Crippen LogP contribution is 2.33. The van der Waals surface area contributed by atoms with Crippen molar-refractivity contribution >= 4 is 86.4 Å². The van der Waals surface area contributed by atoms with Crippen molar-refractivity contribution in [2.45, 2.75) is 20.0 Å². The molecule has 0 saturated carbocycles. The average molecular weight is 569 g/mol. The van der Waals surface area contributed by atoms with Crippen molar-refractivity contribution < 1.29 is 13.9 Å². The fraction of sp³-hybridized carbons (Fsp3) is 0.125. The molecule has 0 spiro atoms. The summed E-state index contributed by atoms with van der Waals surface area (Å²) in [6, 6.07) is 13.5. The molecule has 0 fully saturated rings. The van der Waals surface area contributed by atoms with E-state index >= 15 is 0 Å². The number of nitrogens with zero attached hydrogens (tertiary/aromatic N) is 1. The van der Waals surface area contributed by atoms with Gasteiger partial charge in [-0.1, -0.05) is 52.5 Å². The first-order valence-electron chi connectivity index (χ1n) is 10.2. The molecule has 0 aliphatic rings. The summed E-state index contributed by atoms with van der Waals surface area (Å²) in [5, 5.41) is 7.34. The predicted molar refractivity (Wildman–Crippen MR) is 145 cm³/mol. The van der Waals surface area contributed by atoms with E-state index in [9.17, 15) is 4.79 Å². The molecule has 180 valence electrons. The Kier molecular flexibility index (Phi) is 7.73. The molecule has 4 aromatic rings. The SMILES string of the molecule is Cc1ccc(-c2nc3cc(Cl)cc(Cl)c3o2)cc1NC(=S)NC(=O)C(C)Oc1ccc(Cl)cc1Cl. The maximum atomic E-state index is 12.6. The third-order valence-corrected chi connectivity index (χ3v) is 6.18. The normalized spacial score (nSPS) is 11.8. The molecule has 4 rings (SSSR count). The zero-order valence-electron chi connectivity index (χ0n) is 18.3. The molecule has 0 radical (unpaired) electrons. The summed E-state index contributed by atoms with van der Waals surface area (Å²) in [5.41, 5.74) is 3.22. The average Bonchev–Trinajstić information content (AvgIpc) is 3.21. The number of nitrogens with one attached hydrogen (secondary N) is 2. The number of rotatable bonds is 5. The minimum Gasteiger partial charge on any atom is -0.479 e. The van der Waals surface area contributed by atoms with Crippen molar-refractivity contribution in [2.75, 3.05) is 5.32 Å². The van der Waals surface area contributed by atoms with Gasteiger partial charge in [0.15, 0.2) is 16.8 Å². The number of halogens is 4. The van der Waals surface area contributed by atoms with E-state index in [1.54, 1.807) is 37.3 Å². The molecular weight excluding hydrogens is 552 g/mol. The number of hydrogen-bond acceptors (Lipinski definition) is 5. The van der Waals surface area contributed by atoms with Crippen LogP contribution in [0.5, 0.6) is 5.75 Å². The Bertz CT molecular complexity index is 1460. The minimum atomic E-state index is -0.864. The number of fused-ring (bicyclic) bond motifs is 1. The van der Waals surface area contributed by atoms with Gasteiger partial charge in [0.05, 0.1) is 10.0 Å². The molecular formula is C24H17Cl4N3O3S. The monoisotopic (exact) mass is 567 g/mol. The van der Waals surface area contributed by atoms with Crippen molar-refractivity contribution in [3.63, 3.8) is 0 Å². The lowest BCUT2D eigenvalue weighted by molar-refractivity contribution is -0.125. The highest BCUT2D eigenvalue weighted by atomic mass is 35.5. The Morgan fingerprint density at radius 1 is 1.03 bits per heavy atom. The molecule has 0 aliphatic heterocycles. The summed E-state index contributed by atoms with van der Waals surface area (Å²) in [5.74, 6) is 0.248. The van der Waals surface area contributed by atoms with Gasteiger partial charge in [0.25, 0.3) is 5.91 Å². The number of carbonyl (C=O) groups is 1. The fourth-order valence-corrected chi connectivity index (χ4v) is 4.34. The van der Waals surface area contributed by atoms with Crippen molar-refractivity contribution in [1.29, 1.82) is 0 Å². The Morgan fingerprint density at radius 3 is 2.51 bits per heavy atom. The van der Waals surface area contributed by atoms with Gasteiger partial charge < -0.3 is 14.5 Å². The standard InChI is InChI=1S/C24H17Cl4N3O3S/c1-11-3-4-13(23-29-19-10-15(26)9-17(28)21(19)34-23)7-18(11)30-24(35)31-22(32)12(2)33-20-6-5-14(25)8-16(20)27/h3-10,12H,1-2H3,(H2,30,31,32,35). The number of aromatic nitrogens is 1. The summed E-state index contributed by atoms with van der Waals surface area (Å²) in [6.45, 7) is 3.48. The zero-order valence-corrected chi connectivity index (χ0v) is 22.1. The molecule has 0 aliphatic carbocycles. The summed E-state index contributed by atoms with van der Waals surface area (Å²) >= 11 is 29.6. The van der Waals surface area contributed by atoms with E-state index in [0.29, 0.717) is 54.1 Å². The maximum absolute atomic E-state index is 12.6. The number of ether oxygens (including phenoxy) is 1. The maximum Gasteiger partial charge on any atom is 0.266 e. The lowest BCUT2D eigenvalue weighted by Crippen LogP contribution is -2.42. The molecule has 1 unspecified atom stereocenters. The van der Waals surface area contributed by atoms with E-state index in [0.717, 1.165) is 5.56 Å². The van der Waals surface area contributed by atoms with Gasteiger partial charge in [0.1, 0.15) is 11.3 Å². The molecule has 0 saturated heterocycles. The first-order valence-corrected chi connectivity index (χ1v) is 12.1. The van der Waals surface area contributed by atoms with E-state index in [4.69, 9.17) is 67.8 Å². The largest absolute Gasteiger partial charge is 0.479 e. The molecule has 2 N–H and O–H groups in total. The molecule has 3 aromatic carbocycles. The fourth-order valence-electron chi connectivity index (χ4n) is 3.15. The molecule has 11 heteroatoms. The van der Waals surface area contributed by atoms with Gasteiger partial charge >= 0.3 is 0 Å². The van der Waals surface area contributed by atoms with E-state index in [1.807, 2.05) is 19.1 Å². The Labute approximate surface area is 226 Å². The smallest absolute Gasteiger partial charge is 0.266 e. The van der Waals surface area contributed by atoms with Crippen LogP contribution in [-0.2, 0) is 4.79 Å². The number of aryl methyl sites for hydroxylation is 1. The molecule has 1 aromatic heterocycles. The lowest BCUT2D eigenvalue weighted by atomic mass is 10.1. The van der Waals surface area contributed by atoms with Gasteiger partial charge in [0, 0.05) is 21.3 Å². The molecule has 35 heavy (non-hydrogen) atoms. The van der Waals surface area contributed by atoms with E-state index in [-0.39, 0.29) is 5.11 Å². The van der Waals surface area contributed by atoms with Crippen LogP contribution >= 0.6 is 58.6 Å². The third-order valence-electron chi connectivity index (χ3n) is 4.95. The molecule has 1 amide bonds. The number of hydrogen-bond donors (Lipinski definition) is 2. The van der Waals surface area contributed by atoms with Crippen molar-refractivity contribution in [2.24, 2.45) is 0 Å². The lowest BCUT2D eigenvalue weighted by Gasteiger charge is -2.17. The second-order valence-electron chi connectivity index (χ2n) is 7.56. The first-order chi connectivity index (χ1) is 16.6. The number of carbonyl (C=O) groups excluding carboxylic acids is 1. The minimum absolute atomic E-state index is 0.0975. The van der Waals surface area contributed by atoms with Crippen LogP contribution in [0.2, 0.25) is 20.1 Å². The predicted octanol–water partition coefficient (Wildman–Crippen LogP) is 7.70. The van der Waals surface area contributed by atoms with Crippen molar-refractivity contribution in [3.05, 3.63) is 74.2 Å². The van der Waals surface area contributed by atoms with Gasteiger partial charge in [-0.25, -0.2) is 4.98 Å². The Hall–Kier alpha value is -2.55. The Balaban J connectivity index is 1.46. The number of thiocarbonyl (C=S) groups is 1. The molecule has 1 atom stereocenters. The molecule has 0 bridgehead atoms. The zero-order chi connectivity index (χ0) is 25.3. The Morgan fingerprint density at radius 2 is 1.77 bits per heavy atom. The summed E-state index contributed by atoms with van der Waals surface area (Å²) in [4.78, 5) is 17.1. The quantitative estimate of drug-likeness (QED) is 0.240. The van der Waals surface area contributed by atoms with Crippen LogP contribution in [0, 0.1) is 6.92 Å². The second-order valence-corrected chi connectivity index (χ2v) is 9.66. The van der Waals surface area contributed by atoms with Crippen LogP contribution in [-0.4, -0.2) is 22.1 Å². The van der Waals surface area contributed by atoms with Gasteiger partial charge in [-0.05, 0) is 74.1 Å². The van der Waals surface area contributed by atoms with Crippen molar-refractivity contribution in [1.82, 2.24) is 10.3 Å². The van der Waals surface area contributed by atoms with E-state index < -0.39 is 12.0 Å². The first kappa shape index (κ1) is 25.5. The van der Waals surface area contributed by atoms with Crippen LogP contribution in [0.4, 0.5) is 5.69 Å². The van der Waals surface area contributed by atoms with Crippen LogP contribution in [0.25, 0.3) is 22.6 Å². The van der Waals surface area contributed by atoms with Crippen LogP contribution in [0.1, 0.15) is 12.5 Å². The van der Waals surface area contributed by atoms with Crippen LogP contribution in [0.15, 0.2) is 52.9 Å². The van der Waals surface area contributed by atoms with E-state index in [2.05, 4.69) is 15.6 Å². The van der Waals surface area contributed by atoms with Gasteiger partial charge in [-0.15, -0.1) is 0 Å². The van der Waals surface area contributed by atoms with Crippen LogP contribution in [0.3, 0.4) is 0 Å². The number of amides is 1.